The van der Waals surface area contributed by atoms with Gasteiger partial charge in [0.2, 0.25) is 0 Å². The topological polar surface area (TPSA) is 50.4 Å². The van der Waals surface area contributed by atoms with Gasteiger partial charge in [0.15, 0.2) is 11.0 Å². The molecule has 100 valence electrons. The van der Waals surface area contributed by atoms with Gasteiger partial charge < -0.3 is 9.52 Å². The van der Waals surface area contributed by atoms with Crippen molar-refractivity contribution in [3.8, 4) is 17.1 Å². The molecular formula is C15H8Cl2O3. The summed E-state index contributed by atoms with van der Waals surface area (Å²) in [6.07, 6.45) is 0. The molecule has 0 aliphatic carbocycles. The largest absolute Gasteiger partial charge is 0.507 e. The number of phenols is 1. The molecule has 1 heterocycles. The third-order valence-electron chi connectivity index (χ3n) is 2.92. The maximum atomic E-state index is 12.1. The molecule has 20 heavy (non-hydrogen) atoms. The molecule has 0 bridgehead atoms. The smallest absolute Gasteiger partial charge is 0.193 e. The molecule has 5 heteroatoms. The predicted octanol–water partition coefficient (Wildman–Crippen LogP) is 4.47. The maximum absolute atomic E-state index is 12.1. The highest BCUT2D eigenvalue weighted by Crippen LogP contribution is 2.32. The fourth-order valence-electron chi connectivity index (χ4n) is 2.00. The number of aromatic hydroxyl groups is 1. The molecule has 0 atom stereocenters. The minimum absolute atomic E-state index is 0.0279. The molecule has 0 aliphatic rings. The third-order valence-corrected chi connectivity index (χ3v) is 3.42. The molecule has 1 N–H and O–H groups in total. The lowest BCUT2D eigenvalue weighted by atomic mass is 10.1. The second-order valence-corrected chi connectivity index (χ2v) is 5.10. The van der Waals surface area contributed by atoms with E-state index < -0.39 is 0 Å². The standard InChI is InChI=1S/C15H8Cl2O3/c16-8-5-10-13(19)7-14(20-15(10)11(17)6-8)9-3-1-2-4-12(9)18/h1-7,18H. The summed E-state index contributed by atoms with van der Waals surface area (Å²) in [5, 5.41) is 10.7. The first-order valence-electron chi connectivity index (χ1n) is 5.77. The van der Waals surface area contributed by atoms with E-state index in [0.717, 1.165) is 0 Å². The number of hydrogen-bond donors (Lipinski definition) is 1. The van der Waals surface area contributed by atoms with Crippen LogP contribution in [0.3, 0.4) is 0 Å². The van der Waals surface area contributed by atoms with E-state index in [1.54, 1.807) is 18.2 Å². The van der Waals surface area contributed by atoms with E-state index in [1.165, 1.54) is 24.3 Å². The summed E-state index contributed by atoms with van der Waals surface area (Å²) in [6, 6.07) is 10.9. The molecular weight excluding hydrogens is 299 g/mol. The molecule has 0 radical (unpaired) electrons. The van der Waals surface area contributed by atoms with Crippen molar-refractivity contribution >= 4 is 34.2 Å². The van der Waals surface area contributed by atoms with Crippen LogP contribution in [0.4, 0.5) is 0 Å². The van der Waals surface area contributed by atoms with E-state index in [1.807, 2.05) is 0 Å². The Morgan fingerprint density at radius 1 is 1.05 bits per heavy atom. The van der Waals surface area contributed by atoms with Crippen LogP contribution in [0.1, 0.15) is 0 Å². The van der Waals surface area contributed by atoms with Crippen LogP contribution < -0.4 is 5.43 Å². The van der Waals surface area contributed by atoms with Gasteiger partial charge in [0, 0.05) is 11.1 Å². The van der Waals surface area contributed by atoms with Crippen LogP contribution >= 0.6 is 23.2 Å². The molecule has 3 rings (SSSR count). The molecule has 0 aliphatic heterocycles. The van der Waals surface area contributed by atoms with Crippen LogP contribution in [0.25, 0.3) is 22.3 Å². The molecule has 0 saturated carbocycles. The molecule has 0 unspecified atom stereocenters. The molecule has 2 aromatic carbocycles. The average Bonchev–Trinajstić information content (AvgIpc) is 2.40. The Bertz CT molecular complexity index is 869. The first-order chi connectivity index (χ1) is 9.56. The predicted molar refractivity (Wildman–Crippen MR) is 79.6 cm³/mol. The summed E-state index contributed by atoms with van der Waals surface area (Å²) in [5.74, 6) is 0.282. The van der Waals surface area contributed by atoms with E-state index in [0.29, 0.717) is 16.0 Å². The lowest BCUT2D eigenvalue weighted by Gasteiger charge is -2.06. The van der Waals surface area contributed by atoms with Crippen molar-refractivity contribution in [1.29, 1.82) is 0 Å². The zero-order valence-electron chi connectivity index (χ0n) is 10.1. The number of rotatable bonds is 1. The van der Waals surface area contributed by atoms with Gasteiger partial charge in [-0.1, -0.05) is 35.3 Å². The number of benzene rings is 2. The lowest BCUT2D eigenvalue weighted by molar-refractivity contribution is 0.474. The Morgan fingerprint density at radius 3 is 2.55 bits per heavy atom. The Kier molecular flexibility index (Phi) is 3.16. The fourth-order valence-corrected chi connectivity index (χ4v) is 2.53. The number of fused-ring (bicyclic) bond motifs is 1. The number of phenolic OH excluding ortho intramolecular Hbond substituents is 1. The first-order valence-corrected chi connectivity index (χ1v) is 6.53. The number of halogens is 2. The summed E-state index contributed by atoms with van der Waals surface area (Å²) < 4.78 is 5.64. The van der Waals surface area contributed by atoms with Crippen molar-refractivity contribution in [1.82, 2.24) is 0 Å². The van der Waals surface area contributed by atoms with Gasteiger partial charge in [0.25, 0.3) is 0 Å². The highest BCUT2D eigenvalue weighted by atomic mass is 35.5. The molecule has 3 nitrogen and oxygen atoms in total. The minimum Gasteiger partial charge on any atom is -0.507 e. The van der Waals surface area contributed by atoms with E-state index in [-0.39, 0.29) is 27.5 Å². The van der Waals surface area contributed by atoms with Crippen LogP contribution in [0.2, 0.25) is 10.0 Å². The molecule has 0 saturated heterocycles. The highest BCUT2D eigenvalue weighted by Gasteiger charge is 2.13. The summed E-state index contributed by atoms with van der Waals surface area (Å²) in [4.78, 5) is 12.1. The minimum atomic E-state index is -0.270. The second-order valence-electron chi connectivity index (χ2n) is 4.26. The van der Waals surface area contributed by atoms with Gasteiger partial charge in [-0.25, -0.2) is 0 Å². The van der Waals surface area contributed by atoms with Crippen molar-refractivity contribution in [2.45, 2.75) is 0 Å². The van der Waals surface area contributed by atoms with Gasteiger partial charge in [-0.2, -0.15) is 0 Å². The summed E-state index contributed by atoms with van der Waals surface area (Å²) in [6.45, 7) is 0. The molecule has 0 fully saturated rings. The molecule has 3 aromatic rings. The second kappa shape index (κ2) is 4.85. The zero-order chi connectivity index (χ0) is 14.3. The van der Waals surface area contributed by atoms with Crippen molar-refractivity contribution in [2.75, 3.05) is 0 Å². The van der Waals surface area contributed by atoms with Gasteiger partial charge in [0.1, 0.15) is 11.5 Å². The zero-order valence-corrected chi connectivity index (χ0v) is 11.6. The average molecular weight is 307 g/mol. The lowest BCUT2D eigenvalue weighted by Crippen LogP contribution is -2.00. The van der Waals surface area contributed by atoms with Gasteiger partial charge >= 0.3 is 0 Å². The fraction of sp³-hybridized carbons (Fsp3) is 0. The van der Waals surface area contributed by atoms with Crippen LogP contribution in [0.5, 0.6) is 5.75 Å². The van der Waals surface area contributed by atoms with Crippen molar-refractivity contribution in [3.05, 3.63) is 62.7 Å². The molecule has 0 spiro atoms. The van der Waals surface area contributed by atoms with Gasteiger partial charge in [-0.15, -0.1) is 0 Å². The van der Waals surface area contributed by atoms with Crippen LogP contribution in [-0.4, -0.2) is 5.11 Å². The Labute approximate surface area is 124 Å². The monoisotopic (exact) mass is 306 g/mol. The van der Waals surface area contributed by atoms with E-state index in [9.17, 15) is 9.90 Å². The Balaban J connectivity index is 2.36. The van der Waals surface area contributed by atoms with E-state index in [2.05, 4.69) is 0 Å². The van der Waals surface area contributed by atoms with Gasteiger partial charge in [-0.3, -0.25) is 4.79 Å². The summed E-state index contributed by atoms with van der Waals surface area (Å²) in [7, 11) is 0. The number of para-hydroxylation sites is 1. The van der Waals surface area contributed by atoms with Crippen molar-refractivity contribution < 1.29 is 9.52 Å². The maximum Gasteiger partial charge on any atom is 0.193 e. The van der Waals surface area contributed by atoms with E-state index >= 15 is 0 Å². The van der Waals surface area contributed by atoms with Gasteiger partial charge in [0.05, 0.1) is 16.0 Å². The third kappa shape index (κ3) is 2.15. The Morgan fingerprint density at radius 2 is 1.80 bits per heavy atom. The molecule has 1 aromatic heterocycles. The number of hydrogen-bond acceptors (Lipinski definition) is 3. The molecule has 0 amide bonds. The van der Waals surface area contributed by atoms with Crippen LogP contribution in [0, 0.1) is 0 Å². The summed E-state index contributed by atoms with van der Waals surface area (Å²) in [5.41, 5.74) is 0.410. The van der Waals surface area contributed by atoms with E-state index in [4.69, 9.17) is 27.6 Å². The van der Waals surface area contributed by atoms with Crippen molar-refractivity contribution in [2.24, 2.45) is 0 Å². The first kappa shape index (κ1) is 13.0. The highest BCUT2D eigenvalue weighted by molar-refractivity contribution is 6.38. The van der Waals surface area contributed by atoms with Crippen molar-refractivity contribution in [3.63, 3.8) is 0 Å². The quantitative estimate of drug-likeness (QED) is 0.721. The normalized spacial score (nSPS) is 10.9. The summed E-state index contributed by atoms with van der Waals surface area (Å²) >= 11 is 11.9. The van der Waals surface area contributed by atoms with Crippen LogP contribution in [0.15, 0.2) is 51.7 Å². The van der Waals surface area contributed by atoms with Gasteiger partial charge in [-0.05, 0) is 24.3 Å². The van der Waals surface area contributed by atoms with Crippen LogP contribution in [-0.2, 0) is 0 Å². The Hall–Kier alpha value is -1.97. The SMILES string of the molecule is O=c1cc(-c2ccccc2O)oc2c(Cl)cc(Cl)cc12.